The second-order valence-electron chi connectivity index (χ2n) is 24.0. The molecule has 3 unspecified atom stereocenters. The van der Waals surface area contributed by atoms with Gasteiger partial charge in [0.25, 0.3) is 0 Å². The van der Waals surface area contributed by atoms with Crippen molar-refractivity contribution in [2.24, 2.45) is 0 Å². The summed E-state index contributed by atoms with van der Waals surface area (Å²) >= 11 is 0. The first-order valence-corrected chi connectivity index (χ1v) is 34.5. The number of likely N-dealkylation sites (N-methyl/N-ethyl adjacent to an activating group) is 1. The Balaban J connectivity index is 5.08. The van der Waals surface area contributed by atoms with Crippen LogP contribution in [0.15, 0.2) is 12.2 Å². The third-order valence-electron chi connectivity index (χ3n) is 15.2. The highest BCUT2D eigenvalue weighted by Gasteiger charge is 2.30. The van der Waals surface area contributed by atoms with Crippen LogP contribution < -0.4 is 5.32 Å². The number of hydrogen-bond donors (Lipinski definition) is 2. The molecule has 0 radical (unpaired) electrons. The number of nitrogens with zero attached hydrogens (tertiary/aromatic N) is 1. The van der Waals surface area contributed by atoms with Crippen molar-refractivity contribution >= 4 is 19.7 Å². The summed E-state index contributed by atoms with van der Waals surface area (Å²) in [6.07, 6.45) is 65.0. The van der Waals surface area contributed by atoms with E-state index < -0.39 is 20.0 Å². The number of esters is 1. The van der Waals surface area contributed by atoms with Crippen molar-refractivity contribution in [2.75, 3.05) is 40.9 Å². The Morgan fingerprint density at radius 3 is 1.09 bits per heavy atom. The van der Waals surface area contributed by atoms with Crippen LogP contribution in [0.5, 0.6) is 0 Å². The van der Waals surface area contributed by atoms with Crippen molar-refractivity contribution in [3.05, 3.63) is 12.2 Å². The molecule has 0 bridgehead atoms. The highest BCUT2D eigenvalue weighted by molar-refractivity contribution is 7.47. The molecular formula is C65H130N2O7P+. The summed E-state index contributed by atoms with van der Waals surface area (Å²) in [6.45, 7) is 7.07. The molecule has 0 aromatic rings. The number of carbonyl (C=O) groups is 2. The van der Waals surface area contributed by atoms with Crippen LogP contribution in [0.3, 0.4) is 0 Å². The molecule has 0 aliphatic carbocycles. The number of hydrogen-bond acceptors (Lipinski definition) is 6. The average molecular weight is 1080 g/mol. The highest BCUT2D eigenvalue weighted by atomic mass is 31.2. The summed E-state index contributed by atoms with van der Waals surface area (Å²) in [5, 5.41) is 3.07. The van der Waals surface area contributed by atoms with Gasteiger partial charge < -0.3 is 19.4 Å². The number of rotatable bonds is 61. The first-order chi connectivity index (χ1) is 36.4. The van der Waals surface area contributed by atoms with E-state index in [0.717, 1.165) is 57.8 Å². The van der Waals surface area contributed by atoms with Gasteiger partial charge in [-0.15, -0.1) is 0 Å². The summed E-state index contributed by atoms with van der Waals surface area (Å²) in [7, 11) is 1.52. The number of nitrogens with one attached hydrogen (secondary N) is 1. The van der Waals surface area contributed by atoms with E-state index in [4.69, 9.17) is 13.8 Å². The van der Waals surface area contributed by atoms with Gasteiger partial charge in [-0.2, -0.15) is 0 Å². The topological polar surface area (TPSA) is 111 Å². The molecule has 10 heteroatoms. The third kappa shape index (κ3) is 57.3. The van der Waals surface area contributed by atoms with Crippen molar-refractivity contribution in [3.8, 4) is 0 Å². The van der Waals surface area contributed by atoms with E-state index >= 15 is 0 Å². The van der Waals surface area contributed by atoms with Gasteiger partial charge in [-0.1, -0.05) is 309 Å². The minimum Gasteiger partial charge on any atom is -0.456 e. The molecule has 0 saturated carbocycles. The minimum absolute atomic E-state index is 0.0459. The quantitative estimate of drug-likeness (QED) is 0.0205. The lowest BCUT2D eigenvalue weighted by molar-refractivity contribution is -0.870. The molecular weight excluding hydrogens is 952 g/mol. The van der Waals surface area contributed by atoms with E-state index in [9.17, 15) is 19.0 Å². The Morgan fingerprint density at radius 1 is 0.453 bits per heavy atom. The molecule has 1 amide bonds. The normalized spacial score (nSPS) is 13.6. The third-order valence-corrected chi connectivity index (χ3v) is 16.2. The average Bonchev–Trinajstić information content (AvgIpc) is 3.37. The molecule has 2 N–H and O–H groups in total. The molecule has 0 saturated heterocycles. The van der Waals surface area contributed by atoms with Gasteiger partial charge in [0.15, 0.2) is 0 Å². The lowest BCUT2D eigenvalue weighted by atomic mass is 10.0. The number of phosphoric ester groups is 1. The van der Waals surface area contributed by atoms with E-state index in [-0.39, 0.29) is 25.1 Å². The van der Waals surface area contributed by atoms with E-state index in [1.807, 2.05) is 33.3 Å². The molecule has 0 heterocycles. The summed E-state index contributed by atoms with van der Waals surface area (Å²) in [4.78, 5) is 37.7. The zero-order valence-corrected chi connectivity index (χ0v) is 52.0. The van der Waals surface area contributed by atoms with Gasteiger partial charge in [0.2, 0.25) is 5.91 Å². The van der Waals surface area contributed by atoms with Crippen LogP contribution in [0.25, 0.3) is 0 Å². The van der Waals surface area contributed by atoms with Crippen LogP contribution in [0.1, 0.15) is 342 Å². The predicted octanol–water partition coefficient (Wildman–Crippen LogP) is 20.3. The molecule has 0 aliphatic rings. The lowest BCUT2D eigenvalue weighted by Gasteiger charge is -2.27. The number of carbonyl (C=O) groups excluding carboxylic acids is 2. The lowest BCUT2D eigenvalue weighted by Crippen LogP contribution is -2.47. The fourth-order valence-electron chi connectivity index (χ4n) is 10.1. The van der Waals surface area contributed by atoms with E-state index in [2.05, 4.69) is 26.1 Å². The van der Waals surface area contributed by atoms with Crippen LogP contribution in [-0.2, 0) is 27.9 Å². The molecule has 0 aromatic heterocycles. The first kappa shape index (κ1) is 73.8. The van der Waals surface area contributed by atoms with Crippen LogP contribution in [0, 0.1) is 0 Å². The fourth-order valence-corrected chi connectivity index (χ4v) is 10.9. The molecule has 0 spiro atoms. The van der Waals surface area contributed by atoms with E-state index in [1.54, 1.807) is 0 Å². The fraction of sp³-hybridized carbons (Fsp3) is 0.938. The molecule has 9 nitrogen and oxygen atoms in total. The molecule has 446 valence electrons. The highest BCUT2D eigenvalue weighted by Crippen LogP contribution is 2.43. The van der Waals surface area contributed by atoms with Crippen molar-refractivity contribution in [1.82, 2.24) is 5.32 Å². The van der Waals surface area contributed by atoms with Gasteiger partial charge in [0.1, 0.15) is 19.3 Å². The number of allylic oxidation sites excluding steroid dienone is 1. The van der Waals surface area contributed by atoms with Crippen molar-refractivity contribution in [2.45, 2.75) is 354 Å². The summed E-state index contributed by atoms with van der Waals surface area (Å²) < 4.78 is 30.7. The maximum absolute atomic E-state index is 13.6. The maximum atomic E-state index is 13.6. The molecule has 3 atom stereocenters. The number of amides is 1. The van der Waals surface area contributed by atoms with Gasteiger partial charge in [0, 0.05) is 12.8 Å². The Labute approximate surface area is 467 Å². The van der Waals surface area contributed by atoms with Crippen LogP contribution in [0.2, 0.25) is 0 Å². The Kier molecular flexibility index (Phi) is 55.1. The monoisotopic (exact) mass is 1080 g/mol. The van der Waals surface area contributed by atoms with Crippen molar-refractivity contribution in [1.29, 1.82) is 0 Å². The summed E-state index contributed by atoms with van der Waals surface area (Å²) in [6, 6.07) is -0.839. The van der Waals surface area contributed by atoms with Gasteiger partial charge >= 0.3 is 13.8 Å². The van der Waals surface area contributed by atoms with Crippen LogP contribution in [-0.4, -0.2) is 74.3 Å². The van der Waals surface area contributed by atoms with E-state index in [0.29, 0.717) is 23.9 Å². The molecule has 0 aliphatic heterocycles. The van der Waals surface area contributed by atoms with Gasteiger partial charge in [-0.05, 0) is 31.8 Å². The van der Waals surface area contributed by atoms with Crippen LogP contribution in [0.4, 0.5) is 0 Å². The van der Waals surface area contributed by atoms with Crippen LogP contribution >= 0.6 is 7.82 Å². The van der Waals surface area contributed by atoms with Gasteiger partial charge in [0.05, 0.1) is 33.8 Å². The smallest absolute Gasteiger partial charge is 0.456 e. The van der Waals surface area contributed by atoms with Gasteiger partial charge in [-0.3, -0.25) is 18.6 Å². The summed E-state index contributed by atoms with van der Waals surface area (Å²) in [5.41, 5.74) is 0. The number of phosphoric acid groups is 1. The SMILES string of the molecule is CCCCCCCCCCCCC/C=C\C(OC(=O)CCCCCCCCCCCCCCC)C(COP(=O)(O)OCC[N+](C)(C)C)NC(=O)CCCCCCCCCCCCCCCCCCCCCCCCC. The minimum atomic E-state index is -4.44. The zero-order valence-electron chi connectivity index (χ0n) is 51.1. The number of ether oxygens (including phenoxy) is 1. The van der Waals surface area contributed by atoms with Crippen molar-refractivity contribution in [3.63, 3.8) is 0 Å². The van der Waals surface area contributed by atoms with E-state index in [1.165, 1.54) is 250 Å². The molecule has 0 rings (SSSR count). The Bertz CT molecular complexity index is 1290. The standard InChI is InChI=1S/C65H129N2O7P/c1-7-10-13-16-19-22-25-28-29-30-31-32-33-34-35-36-37-40-42-45-48-51-54-57-64(68)66-62(61-73-75(70,71)72-60-59-67(4,5)6)63(56-53-50-47-44-41-38-26-23-20-17-14-11-8-2)74-65(69)58-55-52-49-46-43-39-27-24-21-18-15-12-9-3/h53,56,62-63H,7-52,54-55,57-61H2,1-6H3,(H-,66,68,70,71)/p+1/b56-53-. The van der Waals surface area contributed by atoms with Crippen molar-refractivity contribution < 1.29 is 37.3 Å². The zero-order chi connectivity index (χ0) is 55.0. The number of unbranched alkanes of at least 4 members (excludes halogenated alkanes) is 45. The predicted molar refractivity (Wildman–Crippen MR) is 323 cm³/mol. The number of quaternary nitrogens is 1. The largest absolute Gasteiger partial charge is 0.472 e. The molecule has 0 fully saturated rings. The summed E-state index contributed by atoms with van der Waals surface area (Å²) in [5.74, 6) is -0.481. The Hall–Kier alpha value is -1.25. The molecule has 75 heavy (non-hydrogen) atoms. The van der Waals surface area contributed by atoms with Gasteiger partial charge in [-0.25, -0.2) is 4.57 Å². The molecule has 0 aromatic carbocycles. The Morgan fingerprint density at radius 2 is 0.760 bits per heavy atom. The second-order valence-corrected chi connectivity index (χ2v) is 25.5. The maximum Gasteiger partial charge on any atom is 0.472 e. The second kappa shape index (κ2) is 56.0. The first-order valence-electron chi connectivity index (χ1n) is 33.0.